The third-order valence-corrected chi connectivity index (χ3v) is 4.07. The molecule has 3 rings (SSSR count). The minimum atomic E-state index is -0.533. The number of amides is 2. The Hall–Kier alpha value is -1.88. The van der Waals surface area contributed by atoms with Crippen LogP contribution in [0.15, 0.2) is 18.2 Å². The van der Waals surface area contributed by atoms with Crippen molar-refractivity contribution in [1.82, 2.24) is 0 Å². The van der Waals surface area contributed by atoms with Gasteiger partial charge in [-0.15, -0.1) is 0 Å². The highest BCUT2D eigenvalue weighted by atomic mass is 16.2. The van der Waals surface area contributed by atoms with E-state index in [1.165, 1.54) is 0 Å². The highest BCUT2D eigenvalue weighted by Crippen LogP contribution is 2.36. The van der Waals surface area contributed by atoms with Crippen LogP contribution < -0.4 is 16.0 Å². The number of hydrogen-bond acceptors (Lipinski definition) is 3. The van der Waals surface area contributed by atoms with E-state index < -0.39 is 6.04 Å². The average Bonchev–Trinajstić information content (AvgIpc) is 3.30. The fraction of sp³-hybridized carbons (Fsp3) is 0.500. The van der Waals surface area contributed by atoms with Gasteiger partial charge >= 0.3 is 0 Å². The second-order valence-corrected chi connectivity index (χ2v) is 5.99. The summed E-state index contributed by atoms with van der Waals surface area (Å²) in [6.45, 7) is 2.46. The van der Waals surface area contributed by atoms with E-state index in [2.05, 4.69) is 5.32 Å². The molecule has 0 saturated heterocycles. The SMILES string of the molecule is C[C@H](N)C(=O)Nc1ccc2c(c1)CCCN2C(=O)C1CC1. The monoisotopic (exact) mass is 287 g/mol. The van der Waals surface area contributed by atoms with Crippen molar-refractivity contribution in [3.8, 4) is 0 Å². The molecule has 2 aliphatic rings. The summed E-state index contributed by atoms with van der Waals surface area (Å²) in [5.74, 6) is 0.286. The number of carbonyl (C=O) groups excluding carboxylic acids is 2. The molecule has 1 saturated carbocycles. The Morgan fingerprint density at radius 3 is 2.81 bits per heavy atom. The van der Waals surface area contributed by atoms with Gasteiger partial charge < -0.3 is 16.0 Å². The van der Waals surface area contributed by atoms with E-state index in [0.717, 1.165) is 49.2 Å². The van der Waals surface area contributed by atoms with E-state index in [4.69, 9.17) is 5.73 Å². The van der Waals surface area contributed by atoms with Crippen LogP contribution in [-0.4, -0.2) is 24.4 Å². The highest BCUT2D eigenvalue weighted by Gasteiger charge is 2.35. The van der Waals surface area contributed by atoms with Crippen molar-refractivity contribution in [2.45, 2.75) is 38.6 Å². The van der Waals surface area contributed by atoms with Crippen LogP contribution >= 0.6 is 0 Å². The highest BCUT2D eigenvalue weighted by molar-refractivity contribution is 5.98. The fourth-order valence-corrected chi connectivity index (χ4v) is 2.71. The molecule has 1 fully saturated rings. The predicted octanol–water partition coefficient (Wildman–Crippen LogP) is 1.66. The van der Waals surface area contributed by atoms with Gasteiger partial charge in [0.2, 0.25) is 11.8 Å². The number of rotatable bonds is 3. The lowest BCUT2D eigenvalue weighted by atomic mass is 10.0. The smallest absolute Gasteiger partial charge is 0.240 e. The van der Waals surface area contributed by atoms with E-state index in [9.17, 15) is 9.59 Å². The maximum absolute atomic E-state index is 12.3. The molecule has 1 atom stereocenters. The van der Waals surface area contributed by atoms with E-state index >= 15 is 0 Å². The first kappa shape index (κ1) is 14.1. The standard InChI is InChI=1S/C16H21N3O2/c1-10(17)15(20)18-13-6-7-14-12(9-13)3-2-8-19(14)16(21)11-4-5-11/h6-7,9-11H,2-5,8,17H2,1H3,(H,18,20)/t10-/m0/s1. The van der Waals surface area contributed by atoms with Crippen molar-refractivity contribution < 1.29 is 9.59 Å². The fourth-order valence-electron chi connectivity index (χ4n) is 2.71. The summed E-state index contributed by atoms with van der Waals surface area (Å²) >= 11 is 0. The Morgan fingerprint density at radius 1 is 1.38 bits per heavy atom. The van der Waals surface area contributed by atoms with Crippen molar-refractivity contribution >= 4 is 23.2 Å². The van der Waals surface area contributed by atoms with Crippen LogP contribution in [0.1, 0.15) is 31.7 Å². The minimum absolute atomic E-state index is 0.198. The number of nitrogens with zero attached hydrogens (tertiary/aromatic N) is 1. The number of benzene rings is 1. The Bertz CT molecular complexity index is 579. The van der Waals surface area contributed by atoms with Crippen LogP contribution in [-0.2, 0) is 16.0 Å². The van der Waals surface area contributed by atoms with Crippen LogP contribution in [0.5, 0.6) is 0 Å². The Balaban J connectivity index is 1.81. The third-order valence-electron chi connectivity index (χ3n) is 4.07. The molecule has 1 aliphatic carbocycles. The zero-order valence-electron chi connectivity index (χ0n) is 12.3. The average molecular weight is 287 g/mol. The maximum Gasteiger partial charge on any atom is 0.240 e. The van der Waals surface area contributed by atoms with Gasteiger partial charge in [-0.2, -0.15) is 0 Å². The summed E-state index contributed by atoms with van der Waals surface area (Å²) in [5.41, 5.74) is 8.43. The number of nitrogens with one attached hydrogen (secondary N) is 1. The van der Waals surface area contributed by atoms with Crippen molar-refractivity contribution in [1.29, 1.82) is 0 Å². The van der Waals surface area contributed by atoms with E-state index in [0.29, 0.717) is 0 Å². The van der Waals surface area contributed by atoms with Crippen LogP contribution in [0, 0.1) is 5.92 Å². The van der Waals surface area contributed by atoms with E-state index in [1.807, 2.05) is 23.1 Å². The zero-order valence-corrected chi connectivity index (χ0v) is 12.3. The van der Waals surface area contributed by atoms with Gasteiger partial charge in [0.15, 0.2) is 0 Å². The Labute approximate surface area is 124 Å². The molecule has 112 valence electrons. The van der Waals surface area contributed by atoms with Gasteiger partial charge in [-0.3, -0.25) is 9.59 Å². The van der Waals surface area contributed by atoms with Gasteiger partial charge in [0, 0.05) is 23.8 Å². The van der Waals surface area contributed by atoms with Crippen LogP contribution in [0.2, 0.25) is 0 Å². The summed E-state index contributed by atoms with van der Waals surface area (Å²) in [6, 6.07) is 5.21. The summed E-state index contributed by atoms with van der Waals surface area (Å²) in [7, 11) is 0. The number of hydrogen-bond donors (Lipinski definition) is 2. The van der Waals surface area contributed by atoms with Crippen molar-refractivity contribution in [3.63, 3.8) is 0 Å². The molecule has 0 radical (unpaired) electrons. The molecule has 1 heterocycles. The number of fused-ring (bicyclic) bond motifs is 1. The van der Waals surface area contributed by atoms with Crippen molar-refractivity contribution in [2.75, 3.05) is 16.8 Å². The van der Waals surface area contributed by atoms with Gasteiger partial charge in [-0.05, 0) is 56.4 Å². The molecule has 21 heavy (non-hydrogen) atoms. The largest absolute Gasteiger partial charge is 0.325 e. The van der Waals surface area contributed by atoms with Gasteiger partial charge in [0.1, 0.15) is 0 Å². The lowest BCUT2D eigenvalue weighted by molar-refractivity contribution is -0.120. The Kier molecular flexibility index (Phi) is 3.68. The maximum atomic E-state index is 12.3. The van der Waals surface area contributed by atoms with Crippen LogP contribution in [0.3, 0.4) is 0 Å². The molecular formula is C16H21N3O2. The Morgan fingerprint density at radius 2 is 2.14 bits per heavy atom. The minimum Gasteiger partial charge on any atom is -0.325 e. The number of nitrogens with two attached hydrogens (primary N) is 1. The molecule has 3 N–H and O–H groups in total. The molecule has 2 amide bonds. The van der Waals surface area contributed by atoms with Gasteiger partial charge in [0.25, 0.3) is 0 Å². The first-order chi connectivity index (χ1) is 10.1. The molecular weight excluding hydrogens is 266 g/mol. The van der Waals surface area contributed by atoms with Crippen LogP contribution in [0.4, 0.5) is 11.4 Å². The van der Waals surface area contributed by atoms with Gasteiger partial charge in [0.05, 0.1) is 6.04 Å². The molecule has 0 spiro atoms. The lowest BCUT2D eigenvalue weighted by Crippen LogP contribution is -2.36. The molecule has 1 aromatic carbocycles. The number of anilines is 2. The summed E-state index contributed by atoms with van der Waals surface area (Å²) < 4.78 is 0. The lowest BCUT2D eigenvalue weighted by Gasteiger charge is -2.30. The quantitative estimate of drug-likeness (QED) is 0.887. The van der Waals surface area contributed by atoms with Crippen LogP contribution in [0.25, 0.3) is 0 Å². The number of carbonyl (C=O) groups is 2. The number of aryl methyl sites for hydroxylation is 1. The summed E-state index contributed by atoms with van der Waals surface area (Å²) in [6.07, 6.45) is 3.95. The molecule has 1 aromatic rings. The zero-order chi connectivity index (χ0) is 15.0. The molecule has 0 unspecified atom stereocenters. The molecule has 5 heteroatoms. The normalized spacial score (nSPS) is 18.9. The summed E-state index contributed by atoms with van der Waals surface area (Å²) in [5, 5.41) is 2.80. The first-order valence-electron chi connectivity index (χ1n) is 7.57. The second-order valence-electron chi connectivity index (χ2n) is 5.99. The van der Waals surface area contributed by atoms with E-state index in [1.54, 1.807) is 6.92 Å². The third kappa shape index (κ3) is 2.93. The first-order valence-corrected chi connectivity index (χ1v) is 7.57. The molecule has 5 nitrogen and oxygen atoms in total. The second kappa shape index (κ2) is 5.48. The van der Waals surface area contributed by atoms with Gasteiger partial charge in [-0.25, -0.2) is 0 Å². The topological polar surface area (TPSA) is 75.4 Å². The molecule has 0 bridgehead atoms. The predicted molar refractivity (Wildman–Crippen MR) is 82.1 cm³/mol. The molecule has 0 aromatic heterocycles. The van der Waals surface area contributed by atoms with Gasteiger partial charge in [-0.1, -0.05) is 0 Å². The molecule has 1 aliphatic heterocycles. The van der Waals surface area contributed by atoms with Crippen molar-refractivity contribution in [2.24, 2.45) is 11.7 Å². The summed E-state index contributed by atoms with van der Waals surface area (Å²) in [4.78, 5) is 25.9. The van der Waals surface area contributed by atoms with Crippen molar-refractivity contribution in [3.05, 3.63) is 23.8 Å². The van der Waals surface area contributed by atoms with E-state index in [-0.39, 0.29) is 17.7 Å².